The van der Waals surface area contributed by atoms with Crippen LogP contribution in [0, 0.1) is 13.8 Å². The van der Waals surface area contributed by atoms with E-state index in [2.05, 4.69) is 50.6 Å². The molecule has 0 aliphatic rings. The van der Waals surface area contributed by atoms with E-state index >= 15 is 0 Å². The Labute approximate surface area is 98.1 Å². The third-order valence-corrected chi connectivity index (χ3v) is 3.07. The summed E-state index contributed by atoms with van der Waals surface area (Å²) in [6, 6.07) is 6.46. The summed E-state index contributed by atoms with van der Waals surface area (Å²) in [5.41, 5.74) is 3.77. The summed E-state index contributed by atoms with van der Waals surface area (Å²) >= 11 is 3.52. The quantitative estimate of drug-likeness (QED) is 0.761. The molecule has 0 aliphatic heterocycles. The molecule has 15 heavy (non-hydrogen) atoms. The van der Waals surface area contributed by atoms with Gasteiger partial charge in [0.2, 0.25) is 0 Å². The predicted octanol–water partition coefficient (Wildman–Crippen LogP) is 3.38. The largest absolute Gasteiger partial charge is 0.304 e. The van der Waals surface area contributed by atoms with Crippen LogP contribution in [0.5, 0.6) is 0 Å². The summed E-state index contributed by atoms with van der Waals surface area (Å²) in [6.45, 7) is 4.12. The van der Waals surface area contributed by atoms with Crippen LogP contribution in [0.2, 0.25) is 0 Å². The van der Waals surface area contributed by atoms with Crippen LogP contribution in [-0.2, 0) is 5.33 Å². The maximum Gasteiger partial charge on any atom is 0.110 e. The second-order valence-electron chi connectivity index (χ2n) is 3.61. The van der Waals surface area contributed by atoms with Crippen LogP contribution < -0.4 is 0 Å². The van der Waals surface area contributed by atoms with Gasteiger partial charge in [-0.2, -0.15) is 0 Å². The van der Waals surface area contributed by atoms with E-state index in [0.717, 1.165) is 11.2 Å². The van der Waals surface area contributed by atoms with E-state index in [1.807, 2.05) is 19.3 Å². The van der Waals surface area contributed by atoms with Crippen LogP contribution in [0.15, 0.2) is 30.6 Å². The zero-order valence-electron chi connectivity index (χ0n) is 8.87. The average molecular weight is 265 g/mol. The normalized spacial score (nSPS) is 10.6. The molecule has 0 saturated carbocycles. The number of aryl methyl sites for hydroxylation is 2. The molecule has 0 unspecified atom stereocenters. The van der Waals surface area contributed by atoms with Gasteiger partial charge < -0.3 is 4.57 Å². The van der Waals surface area contributed by atoms with Crippen molar-refractivity contribution in [3.63, 3.8) is 0 Å². The van der Waals surface area contributed by atoms with Crippen LogP contribution in [0.4, 0.5) is 0 Å². The van der Waals surface area contributed by atoms with E-state index in [0.29, 0.717) is 0 Å². The van der Waals surface area contributed by atoms with Crippen molar-refractivity contribution < 1.29 is 0 Å². The molecule has 2 rings (SSSR count). The number of rotatable bonds is 2. The first-order chi connectivity index (χ1) is 7.22. The van der Waals surface area contributed by atoms with E-state index in [-0.39, 0.29) is 0 Å². The zero-order chi connectivity index (χ0) is 10.8. The first kappa shape index (κ1) is 10.4. The van der Waals surface area contributed by atoms with Crippen LogP contribution in [-0.4, -0.2) is 9.55 Å². The van der Waals surface area contributed by atoms with Crippen molar-refractivity contribution in [2.45, 2.75) is 19.2 Å². The second kappa shape index (κ2) is 4.19. The van der Waals surface area contributed by atoms with E-state index in [9.17, 15) is 0 Å². The lowest BCUT2D eigenvalue weighted by Crippen LogP contribution is -1.99. The van der Waals surface area contributed by atoms with Gasteiger partial charge in [0.1, 0.15) is 5.82 Å². The summed E-state index contributed by atoms with van der Waals surface area (Å²) in [7, 11) is 0. The summed E-state index contributed by atoms with van der Waals surface area (Å²) in [6.07, 6.45) is 3.82. The summed E-state index contributed by atoms with van der Waals surface area (Å²) in [4.78, 5) is 4.24. The molecule has 1 aromatic heterocycles. The molecular weight excluding hydrogens is 252 g/mol. The van der Waals surface area contributed by atoms with Gasteiger partial charge in [0.15, 0.2) is 0 Å². The van der Waals surface area contributed by atoms with Crippen LogP contribution in [0.25, 0.3) is 5.69 Å². The van der Waals surface area contributed by atoms with Crippen molar-refractivity contribution in [3.05, 3.63) is 47.5 Å². The van der Waals surface area contributed by atoms with E-state index < -0.39 is 0 Å². The fourth-order valence-corrected chi connectivity index (χ4v) is 2.14. The highest BCUT2D eigenvalue weighted by Gasteiger charge is 2.05. The van der Waals surface area contributed by atoms with Crippen LogP contribution >= 0.6 is 15.9 Å². The summed E-state index contributed by atoms with van der Waals surface area (Å²) < 4.78 is 2.11. The molecule has 0 radical (unpaired) electrons. The Morgan fingerprint density at radius 2 is 2.13 bits per heavy atom. The Morgan fingerprint density at radius 1 is 1.33 bits per heavy atom. The van der Waals surface area contributed by atoms with E-state index in [4.69, 9.17) is 0 Å². The summed E-state index contributed by atoms with van der Waals surface area (Å²) in [5.74, 6) is 1.01. The Balaban J connectivity index is 2.58. The molecule has 0 spiro atoms. The second-order valence-corrected chi connectivity index (χ2v) is 4.17. The van der Waals surface area contributed by atoms with Gasteiger partial charge in [-0.3, -0.25) is 0 Å². The minimum atomic E-state index is 0.863. The molecule has 1 heterocycles. The van der Waals surface area contributed by atoms with Gasteiger partial charge in [0, 0.05) is 17.7 Å². The van der Waals surface area contributed by atoms with Gasteiger partial charge in [-0.05, 0) is 25.5 Å². The molecule has 0 atom stereocenters. The van der Waals surface area contributed by atoms with E-state index in [1.165, 1.54) is 16.8 Å². The number of hydrogen-bond acceptors (Lipinski definition) is 1. The highest BCUT2D eigenvalue weighted by atomic mass is 79.9. The molecule has 78 valence electrons. The highest BCUT2D eigenvalue weighted by molar-refractivity contribution is 9.08. The number of benzene rings is 1. The highest BCUT2D eigenvalue weighted by Crippen LogP contribution is 2.20. The van der Waals surface area contributed by atoms with Crippen LogP contribution in [0.1, 0.15) is 17.0 Å². The summed E-state index contributed by atoms with van der Waals surface area (Å²) in [5, 5.41) is 0.863. The molecule has 2 nitrogen and oxygen atoms in total. The molecule has 2 aromatic rings. The maximum atomic E-state index is 4.24. The molecule has 1 aromatic carbocycles. The van der Waals surface area contributed by atoms with E-state index in [1.54, 1.807) is 0 Å². The lowest BCUT2D eigenvalue weighted by Gasteiger charge is -2.10. The number of imidazole rings is 1. The first-order valence-electron chi connectivity index (χ1n) is 4.88. The predicted molar refractivity (Wildman–Crippen MR) is 65.7 cm³/mol. The smallest absolute Gasteiger partial charge is 0.110 e. The van der Waals surface area contributed by atoms with Crippen molar-refractivity contribution >= 4 is 15.9 Å². The Bertz CT molecular complexity index is 474. The fraction of sp³-hybridized carbons (Fsp3) is 0.250. The fourth-order valence-electron chi connectivity index (χ4n) is 1.69. The van der Waals surface area contributed by atoms with Crippen molar-refractivity contribution in [2.75, 3.05) is 0 Å². The number of hydrogen-bond donors (Lipinski definition) is 0. The van der Waals surface area contributed by atoms with Gasteiger partial charge in [-0.25, -0.2) is 4.98 Å². The molecule has 0 saturated heterocycles. The average Bonchev–Trinajstić information content (AvgIpc) is 2.64. The van der Waals surface area contributed by atoms with Gasteiger partial charge in [0.25, 0.3) is 0 Å². The Hall–Kier alpha value is -1.09. The third kappa shape index (κ3) is 1.97. The van der Waals surface area contributed by atoms with Gasteiger partial charge in [0.05, 0.1) is 5.69 Å². The van der Waals surface area contributed by atoms with Gasteiger partial charge in [-0.15, -0.1) is 0 Å². The first-order valence-corrected chi connectivity index (χ1v) is 6.00. The van der Waals surface area contributed by atoms with Crippen molar-refractivity contribution in [2.24, 2.45) is 0 Å². The Kier molecular flexibility index (Phi) is 2.91. The minimum Gasteiger partial charge on any atom is -0.304 e. The van der Waals surface area contributed by atoms with Crippen molar-refractivity contribution in [1.82, 2.24) is 9.55 Å². The Morgan fingerprint density at radius 3 is 2.73 bits per heavy atom. The zero-order valence-corrected chi connectivity index (χ0v) is 10.5. The van der Waals surface area contributed by atoms with Gasteiger partial charge >= 0.3 is 0 Å². The standard InChI is InChI=1S/C12H13BrN2/c1-9-3-4-12(11(7-9)8-13)15-6-5-14-10(15)2/h3-7H,8H2,1-2H3. The van der Waals surface area contributed by atoms with Crippen molar-refractivity contribution in [3.8, 4) is 5.69 Å². The minimum absolute atomic E-state index is 0.863. The third-order valence-electron chi connectivity index (χ3n) is 2.46. The van der Waals surface area contributed by atoms with Crippen LogP contribution in [0.3, 0.4) is 0 Å². The molecule has 3 heteroatoms. The van der Waals surface area contributed by atoms with Crippen molar-refractivity contribution in [1.29, 1.82) is 0 Å². The lowest BCUT2D eigenvalue weighted by atomic mass is 10.1. The molecule has 0 bridgehead atoms. The molecule has 0 N–H and O–H groups in total. The number of alkyl halides is 1. The monoisotopic (exact) mass is 264 g/mol. The molecular formula is C12H13BrN2. The topological polar surface area (TPSA) is 17.8 Å². The van der Waals surface area contributed by atoms with Gasteiger partial charge in [-0.1, -0.05) is 33.6 Å². The number of aromatic nitrogens is 2. The number of nitrogens with zero attached hydrogens (tertiary/aromatic N) is 2. The maximum absolute atomic E-state index is 4.24. The lowest BCUT2D eigenvalue weighted by molar-refractivity contribution is 0.962. The molecule has 0 aliphatic carbocycles. The molecule has 0 fully saturated rings. The SMILES string of the molecule is Cc1ccc(-n2ccnc2C)c(CBr)c1. The number of halogens is 1. The molecule has 0 amide bonds.